The molecule has 9 nitrogen and oxygen atoms in total. The number of nitrogens with zero attached hydrogens (tertiary/aromatic N) is 5. The number of nitrogens with two attached hydrogens (primary N) is 1. The number of nitrogen functional groups attached to an aromatic ring is 1. The SMILES string of the molecule is Nc1nccc(Sc2cnc(N3CCC4(CC3)CO[C@@H](O)[C@H]4O)n3ccnc23)c1Cl. The summed E-state index contributed by atoms with van der Waals surface area (Å²) >= 11 is 7.73. The minimum atomic E-state index is -1.10. The average molecular weight is 449 g/mol. The van der Waals surface area contributed by atoms with E-state index in [0.29, 0.717) is 37.6 Å². The Hall–Kier alpha value is -2.11. The molecule has 30 heavy (non-hydrogen) atoms. The second kappa shape index (κ2) is 7.54. The van der Waals surface area contributed by atoms with Crippen LogP contribution < -0.4 is 10.6 Å². The van der Waals surface area contributed by atoms with Crippen LogP contribution in [0.25, 0.3) is 5.65 Å². The summed E-state index contributed by atoms with van der Waals surface area (Å²) in [5.74, 6) is 1.08. The molecule has 0 radical (unpaired) electrons. The van der Waals surface area contributed by atoms with Crippen LogP contribution in [0.1, 0.15) is 12.8 Å². The summed E-state index contributed by atoms with van der Waals surface area (Å²) in [5, 5.41) is 20.5. The number of ether oxygens (including phenoxy) is 1. The third-order valence-corrected chi connectivity index (χ3v) is 7.53. The van der Waals surface area contributed by atoms with Gasteiger partial charge in [0.05, 0.1) is 16.5 Å². The van der Waals surface area contributed by atoms with Gasteiger partial charge in [-0.2, -0.15) is 0 Å². The molecule has 0 aliphatic carbocycles. The number of halogens is 1. The van der Waals surface area contributed by atoms with E-state index in [0.717, 1.165) is 21.4 Å². The van der Waals surface area contributed by atoms with E-state index in [2.05, 4.69) is 14.9 Å². The van der Waals surface area contributed by atoms with Crippen molar-refractivity contribution in [3.63, 3.8) is 0 Å². The Morgan fingerprint density at radius 2 is 1.97 bits per heavy atom. The van der Waals surface area contributed by atoms with Crippen LogP contribution in [0, 0.1) is 5.41 Å². The monoisotopic (exact) mass is 448 g/mol. The maximum Gasteiger partial charge on any atom is 0.211 e. The first kappa shape index (κ1) is 19.8. The Morgan fingerprint density at radius 3 is 2.70 bits per heavy atom. The van der Waals surface area contributed by atoms with E-state index >= 15 is 0 Å². The number of aromatic nitrogens is 4. The molecule has 3 aromatic rings. The van der Waals surface area contributed by atoms with Crippen molar-refractivity contribution in [3.8, 4) is 0 Å². The highest BCUT2D eigenvalue weighted by Crippen LogP contribution is 2.43. The van der Waals surface area contributed by atoms with Gasteiger partial charge < -0.3 is 25.6 Å². The molecule has 2 aliphatic heterocycles. The predicted molar refractivity (Wildman–Crippen MR) is 113 cm³/mol. The molecule has 5 rings (SSSR count). The van der Waals surface area contributed by atoms with Gasteiger partial charge in [0.1, 0.15) is 11.9 Å². The molecule has 11 heteroatoms. The van der Waals surface area contributed by atoms with Gasteiger partial charge in [0.2, 0.25) is 5.95 Å². The van der Waals surface area contributed by atoms with Crippen molar-refractivity contribution in [2.45, 2.75) is 35.0 Å². The number of hydrogen-bond donors (Lipinski definition) is 3. The number of aliphatic hydroxyl groups is 2. The van der Waals surface area contributed by atoms with Gasteiger partial charge in [-0.25, -0.2) is 15.0 Å². The summed E-state index contributed by atoms with van der Waals surface area (Å²) < 4.78 is 7.23. The van der Waals surface area contributed by atoms with Gasteiger partial charge in [0.15, 0.2) is 11.9 Å². The number of pyridine rings is 1. The fraction of sp³-hybridized carbons (Fsp3) is 0.421. The molecule has 0 saturated carbocycles. The summed E-state index contributed by atoms with van der Waals surface area (Å²) in [5.41, 5.74) is 6.20. The molecule has 0 aromatic carbocycles. The molecule has 2 fully saturated rings. The second-order valence-corrected chi connectivity index (χ2v) is 9.11. The van der Waals surface area contributed by atoms with E-state index in [1.54, 1.807) is 18.6 Å². The van der Waals surface area contributed by atoms with Crippen LogP contribution in [0.4, 0.5) is 11.8 Å². The molecule has 3 aromatic heterocycles. The zero-order valence-electron chi connectivity index (χ0n) is 16.0. The van der Waals surface area contributed by atoms with Crippen LogP contribution in [0.3, 0.4) is 0 Å². The van der Waals surface area contributed by atoms with Crippen molar-refractivity contribution in [2.75, 3.05) is 30.3 Å². The maximum atomic E-state index is 10.3. The molecule has 2 saturated heterocycles. The lowest BCUT2D eigenvalue weighted by Gasteiger charge is -2.40. The summed E-state index contributed by atoms with van der Waals surface area (Å²) in [4.78, 5) is 17.0. The lowest BCUT2D eigenvalue weighted by Crippen LogP contribution is -2.47. The van der Waals surface area contributed by atoms with Crippen LogP contribution in [0.2, 0.25) is 5.02 Å². The van der Waals surface area contributed by atoms with Crippen LogP contribution in [-0.2, 0) is 4.74 Å². The van der Waals surface area contributed by atoms with E-state index in [9.17, 15) is 10.2 Å². The first-order chi connectivity index (χ1) is 14.5. The Bertz CT molecular complexity index is 1090. The number of anilines is 2. The normalized spacial score (nSPS) is 23.5. The first-order valence-electron chi connectivity index (χ1n) is 9.61. The quantitative estimate of drug-likeness (QED) is 0.550. The molecule has 158 valence electrons. The number of hydrogen-bond acceptors (Lipinski definition) is 9. The molecule has 5 heterocycles. The lowest BCUT2D eigenvalue weighted by atomic mass is 9.75. The van der Waals surface area contributed by atoms with E-state index in [-0.39, 0.29) is 5.82 Å². The van der Waals surface area contributed by atoms with Crippen molar-refractivity contribution in [1.82, 2.24) is 19.4 Å². The van der Waals surface area contributed by atoms with Crippen LogP contribution in [-0.4, -0.2) is 61.7 Å². The van der Waals surface area contributed by atoms with E-state index in [1.165, 1.54) is 11.8 Å². The number of fused-ring (bicyclic) bond motifs is 1. The van der Waals surface area contributed by atoms with Crippen molar-refractivity contribution in [3.05, 3.63) is 35.9 Å². The maximum absolute atomic E-state index is 10.3. The lowest BCUT2D eigenvalue weighted by molar-refractivity contribution is -0.113. The van der Waals surface area contributed by atoms with Gasteiger partial charge >= 0.3 is 0 Å². The van der Waals surface area contributed by atoms with Gasteiger partial charge in [0.25, 0.3) is 0 Å². The molecule has 0 bridgehead atoms. The topological polar surface area (TPSA) is 122 Å². The number of piperidine rings is 1. The van der Waals surface area contributed by atoms with E-state index in [1.807, 2.05) is 16.7 Å². The molecule has 4 N–H and O–H groups in total. The molecule has 1 spiro atoms. The van der Waals surface area contributed by atoms with Crippen molar-refractivity contribution in [2.24, 2.45) is 5.41 Å². The van der Waals surface area contributed by atoms with Crippen molar-refractivity contribution in [1.29, 1.82) is 0 Å². The van der Waals surface area contributed by atoms with Crippen LogP contribution >= 0.6 is 23.4 Å². The zero-order chi connectivity index (χ0) is 20.9. The third kappa shape index (κ3) is 3.19. The van der Waals surface area contributed by atoms with Gasteiger partial charge in [-0.1, -0.05) is 23.4 Å². The summed E-state index contributed by atoms with van der Waals surface area (Å²) in [6.07, 6.45) is 6.51. The Morgan fingerprint density at radius 1 is 1.17 bits per heavy atom. The zero-order valence-corrected chi connectivity index (χ0v) is 17.6. The highest BCUT2D eigenvalue weighted by molar-refractivity contribution is 7.99. The summed E-state index contributed by atoms with van der Waals surface area (Å²) in [6, 6.07) is 1.81. The van der Waals surface area contributed by atoms with Gasteiger partial charge in [-0.3, -0.25) is 4.40 Å². The smallest absolute Gasteiger partial charge is 0.211 e. The second-order valence-electron chi connectivity index (χ2n) is 7.65. The van der Waals surface area contributed by atoms with E-state index in [4.69, 9.17) is 27.1 Å². The van der Waals surface area contributed by atoms with E-state index < -0.39 is 17.8 Å². The van der Waals surface area contributed by atoms with Gasteiger partial charge in [0, 0.05) is 48.2 Å². The number of imidazole rings is 1. The third-order valence-electron chi connectivity index (χ3n) is 5.96. The predicted octanol–water partition coefficient (Wildman–Crippen LogP) is 1.81. The molecule has 0 amide bonds. The number of rotatable bonds is 3. The van der Waals surface area contributed by atoms with Crippen molar-refractivity contribution < 1.29 is 14.9 Å². The minimum Gasteiger partial charge on any atom is -0.387 e. The first-order valence-corrected chi connectivity index (χ1v) is 10.8. The summed E-state index contributed by atoms with van der Waals surface area (Å²) in [6.45, 7) is 1.78. The largest absolute Gasteiger partial charge is 0.387 e. The van der Waals surface area contributed by atoms with Gasteiger partial charge in [-0.05, 0) is 18.9 Å². The highest BCUT2D eigenvalue weighted by Gasteiger charge is 2.50. The number of aliphatic hydroxyl groups excluding tert-OH is 2. The molecule has 0 unspecified atom stereocenters. The van der Waals surface area contributed by atoms with Crippen LogP contribution in [0.5, 0.6) is 0 Å². The fourth-order valence-corrected chi connectivity index (χ4v) is 5.29. The molecule has 2 aliphatic rings. The molecule has 2 atom stereocenters. The van der Waals surface area contributed by atoms with Gasteiger partial charge in [-0.15, -0.1) is 0 Å². The Kier molecular flexibility index (Phi) is 4.98. The average Bonchev–Trinajstić information content (AvgIpc) is 3.35. The minimum absolute atomic E-state index is 0.288. The molecular formula is C19H21ClN6O3S. The van der Waals surface area contributed by atoms with Crippen LogP contribution in [0.15, 0.2) is 40.6 Å². The molecular weight excluding hydrogens is 428 g/mol. The van der Waals surface area contributed by atoms with Crippen molar-refractivity contribution >= 4 is 40.8 Å². The standard InChI is InChI=1S/C19H21ClN6O3S/c20-13-11(1-4-22-15(13)21)30-12-9-24-18(26-8-5-23-16(12)26)25-6-2-19(3-7-25)10-29-17(28)14(19)27/h1,4-5,8-9,14,17,27-28H,2-3,6-7,10H2,(H2,21,22)/t14-,17-/m1/s1. The highest BCUT2D eigenvalue weighted by atomic mass is 35.5. The summed E-state index contributed by atoms with van der Waals surface area (Å²) in [7, 11) is 0. The Labute approximate surface area is 181 Å². The fourth-order valence-electron chi connectivity index (χ4n) is 4.15. The Balaban J connectivity index is 1.40.